The van der Waals surface area contributed by atoms with Crippen LogP contribution in [0.1, 0.15) is 38.8 Å². The van der Waals surface area contributed by atoms with E-state index in [4.69, 9.17) is 4.74 Å². The van der Waals surface area contributed by atoms with E-state index in [1.54, 1.807) is 30.7 Å². The lowest BCUT2D eigenvalue weighted by molar-refractivity contribution is -0.139. The molecule has 0 spiro atoms. The Bertz CT molecular complexity index is 817. The molecule has 5 nitrogen and oxygen atoms in total. The molecular formula is C24H32N2O3S. The number of thioether (sulfide) groups is 1. The summed E-state index contributed by atoms with van der Waals surface area (Å²) in [6.45, 7) is 7.95. The zero-order valence-electron chi connectivity index (χ0n) is 18.5. The molecule has 1 N–H and O–H groups in total. The molecule has 30 heavy (non-hydrogen) atoms. The van der Waals surface area contributed by atoms with Crippen molar-refractivity contribution in [1.82, 2.24) is 10.2 Å². The van der Waals surface area contributed by atoms with E-state index in [1.807, 2.05) is 75.4 Å². The van der Waals surface area contributed by atoms with Crippen LogP contribution in [0.5, 0.6) is 5.75 Å². The van der Waals surface area contributed by atoms with E-state index in [9.17, 15) is 9.59 Å². The first-order valence-corrected chi connectivity index (χ1v) is 11.2. The quantitative estimate of drug-likeness (QED) is 0.648. The Labute approximate surface area is 184 Å². The molecule has 0 aliphatic carbocycles. The minimum Gasteiger partial charge on any atom is -0.497 e. The standard InChI is InChI=1S/C24H32N2O3S/c1-18(23(28)25-24(2,3)4)26(15-19-11-13-21(29-5)14-12-19)22(27)17-30-16-20-9-7-6-8-10-20/h6-14,18H,15-17H2,1-5H3,(H,25,28)/t18-/m1/s1. The van der Waals surface area contributed by atoms with Crippen LogP contribution in [0.15, 0.2) is 54.6 Å². The van der Waals surface area contributed by atoms with Crippen LogP contribution in [0, 0.1) is 0 Å². The highest BCUT2D eigenvalue weighted by Crippen LogP contribution is 2.18. The number of nitrogens with zero attached hydrogens (tertiary/aromatic N) is 1. The molecule has 162 valence electrons. The Morgan fingerprint density at radius 2 is 1.67 bits per heavy atom. The van der Waals surface area contributed by atoms with Crippen LogP contribution in [-0.4, -0.2) is 41.2 Å². The van der Waals surface area contributed by atoms with Crippen molar-refractivity contribution in [3.63, 3.8) is 0 Å². The van der Waals surface area contributed by atoms with Gasteiger partial charge in [-0.3, -0.25) is 9.59 Å². The summed E-state index contributed by atoms with van der Waals surface area (Å²) in [6.07, 6.45) is 0. The van der Waals surface area contributed by atoms with Crippen molar-refractivity contribution in [2.24, 2.45) is 0 Å². The van der Waals surface area contributed by atoms with Crippen molar-refractivity contribution in [3.8, 4) is 5.75 Å². The van der Waals surface area contributed by atoms with Crippen LogP contribution in [0.3, 0.4) is 0 Å². The largest absolute Gasteiger partial charge is 0.497 e. The maximum absolute atomic E-state index is 13.1. The number of rotatable bonds is 9. The van der Waals surface area contributed by atoms with Gasteiger partial charge in [0.1, 0.15) is 11.8 Å². The lowest BCUT2D eigenvalue weighted by Crippen LogP contribution is -2.52. The maximum Gasteiger partial charge on any atom is 0.242 e. The normalized spacial score (nSPS) is 12.2. The summed E-state index contributed by atoms with van der Waals surface area (Å²) < 4.78 is 5.21. The molecule has 0 saturated heterocycles. The number of hydrogen-bond acceptors (Lipinski definition) is 4. The third-order valence-corrected chi connectivity index (χ3v) is 5.50. The van der Waals surface area contributed by atoms with Gasteiger partial charge in [0.25, 0.3) is 0 Å². The molecule has 6 heteroatoms. The molecule has 0 aromatic heterocycles. The van der Waals surface area contributed by atoms with Gasteiger partial charge < -0.3 is 15.0 Å². The van der Waals surface area contributed by atoms with E-state index in [1.165, 1.54) is 5.56 Å². The van der Waals surface area contributed by atoms with Gasteiger partial charge in [0.05, 0.1) is 12.9 Å². The minimum absolute atomic E-state index is 0.0525. The SMILES string of the molecule is COc1ccc(CN(C(=O)CSCc2ccccc2)[C@H](C)C(=O)NC(C)(C)C)cc1. The van der Waals surface area contributed by atoms with Crippen LogP contribution in [-0.2, 0) is 21.9 Å². The Hall–Kier alpha value is -2.47. The fraction of sp³-hybridized carbons (Fsp3) is 0.417. The Morgan fingerprint density at radius 1 is 1.03 bits per heavy atom. The molecule has 0 fully saturated rings. The summed E-state index contributed by atoms with van der Waals surface area (Å²) in [5, 5.41) is 2.98. The lowest BCUT2D eigenvalue weighted by Gasteiger charge is -2.31. The third-order valence-electron chi connectivity index (χ3n) is 4.51. The zero-order valence-corrected chi connectivity index (χ0v) is 19.3. The van der Waals surface area contributed by atoms with Gasteiger partial charge in [-0.2, -0.15) is 0 Å². The van der Waals surface area contributed by atoms with Crippen molar-refractivity contribution in [1.29, 1.82) is 0 Å². The molecule has 2 rings (SSSR count). The van der Waals surface area contributed by atoms with Crippen molar-refractivity contribution in [2.45, 2.75) is 51.6 Å². The van der Waals surface area contributed by atoms with Gasteiger partial charge in [0.15, 0.2) is 0 Å². The lowest BCUT2D eigenvalue weighted by atomic mass is 10.1. The molecule has 0 saturated carbocycles. The average Bonchev–Trinajstić information content (AvgIpc) is 2.71. The molecular weight excluding hydrogens is 396 g/mol. The number of hydrogen-bond donors (Lipinski definition) is 1. The molecule has 0 bridgehead atoms. The number of benzene rings is 2. The second kappa shape index (κ2) is 11.1. The first-order chi connectivity index (χ1) is 14.2. The van der Waals surface area contributed by atoms with Gasteiger partial charge in [-0.05, 0) is 51.0 Å². The van der Waals surface area contributed by atoms with Gasteiger partial charge in [0.2, 0.25) is 11.8 Å². The van der Waals surface area contributed by atoms with E-state index in [-0.39, 0.29) is 17.4 Å². The summed E-state index contributed by atoms with van der Waals surface area (Å²) >= 11 is 1.56. The Balaban J connectivity index is 2.09. The van der Waals surface area contributed by atoms with Crippen LogP contribution in [0.4, 0.5) is 0 Å². The number of carbonyl (C=O) groups is 2. The molecule has 2 aromatic carbocycles. The van der Waals surface area contributed by atoms with Gasteiger partial charge in [-0.25, -0.2) is 0 Å². The first-order valence-electron chi connectivity index (χ1n) is 10.1. The first kappa shape index (κ1) is 23.8. The van der Waals surface area contributed by atoms with Gasteiger partial charge in [-0.1, -0.05) is 42.5 Å². The topological polar surface area (TPSA) is 58.6 Å². The van der Waals surface area contributed by atoms with Crippen LogP contribution in [0.2, 0.25) is 0 Å². The number of ether oxygens (including phenoxy) is 1. The average molecular weight is 429 g/mol. The zero-order chi connectivity index (χ0) is 22.1. The molecule has 0 radical (unpaired) electrons. The summed E-state index contributed by atoms with van der Waals surface area (Å²) in [4.78, 5) is 27.5. The number of methoxy groups -OCH3 is 1. The van der Waals surface area contributed by atoms with E-state index < -0.39 is 6.04 Å². The smallest absolute Gasteiger partial charge is 0.242 e. The van der Waals surface area contributed by atoms with Crippen molar-refractivity contribution in [3.05, 3.63) is 65.7 Å². The van der Waals surface area contributed by atoms with Crippen molar-refractivity contribution in [2.75, 3.05) is 12.9 Å². The van der Waals surface area contributed by atoms with E-state index in [0.29, 0.717) is 12.3 Å². The second-order valence-corrected chi connectivity index (χ2v) is 9.25. The maximum atomic E-state index is 13.1. The van der Waals surface area contributed by atoms with Gasteiger partial charge in [0, 0.05) is 17.8 Å². The monoisotopic (exact) mass is 428 g/mol. The summed E-state index contributed by atoms with van der Waals surface area (Å²) in [6, 6.07) is 17.1. The van der Waals surface area contributed by atoms with Gasteiger partial charge in [-0.15, -0.1) is 11.8 Å². The third kappa shape index (κ3) is 7.75. The Kier molecular flexibility index (Phi) is 8.78. The molecule has 0 heterocycles. The van der Waals surface area contributed by atoms with E-state index in [0.717, 1.165) is 17.1 Å². The number of amides is 2. The summed E-state index contributed by atoms with van der Waals surface area (Å²) in [7, 11) is 1.62. The predicted molar refractivity (Wildman–Crippen MR) is 124 cm³/mol. The fourth-order valence-corrected chi connectivity index (χ4v) is 3.77. The highest BCUT2D eigenvalue weighted by atomic mass is 32.2. The number of carbonyl (C=O) groups excluding carboxylic acids is 2. The summed E-state index contributed by atoms with van der Waals surface area (Å²) in [5.74, 6) is 1.62. The van der Waals surface area contributed by atoms with E-state index in [2.05, 4.69) is 5.32 Å². The molecule has 2 amide bonds. The summed E-state index contributed by atoms with van der Waals surface area (Å²) in [5.41, 5.74) is 1.77. The molecule has 2 aromatic rings. The van der Waals surface area contributed by atoms with E-state index >= 15 is 0 Å². The fourth-order valence-electron chi connectivity index (χ4n) is 2.90. The minimum atomic E-state index is -0.573. The highest BCUT2D eigenvalue weighted by molar-refractivity contribution is 7.99. The molecule has 1 atom stereocenters. The van der Waals surface area contributed by atoms with Crippen molar-refractivity contribution >= 4 is 23.6 Å². The van der Waals surface area contributed by atoms with Crippen LogP contribution in [0.25, 0.3) is 0 Å². The van der Waals surface area contributed by atoms with Gasteiger partial charge >= 0.3 is 0 Å². The number of nitrogens with one attached hydrogen (secondary N) is 1. The predicted octanol–water partition coefficient (Wildman–Crippen LogP) is 4.26. The molecule has 0 unspecified atom stereocenters. The van der Waals surface area contributed by atoms with Crippen molar-refractivity contribution < 1.29 is 14.3 Å². The molecule has 0 aliphatic rings. The van der Waals surface area contributed by atoms with Crippen LogP contribution < -0.4 is 10.1 Å². The highest BCUT2D eigenvalue weighted by Gasteiger charge is 2.28. The Morgan fingerprint density at radius 3 is 2.23 bits per heavy atom. The van der Waals surface area contributed by atoms with Crippen LogP contribution >= 0.6 is 11.8 Å². The second-order valence-electron chi connectivity index (χ2n) is 8.26. The molecule has 0 aliphatic heterocycles.